The third-order valence-corrected chi connectivity index (χ3v) is 3.25. The number of primary sulfonamides is 1. The number of hydrogen-bond donors (Lipinski definition) is 2. The van der Waals surface area contributed by atoms with Gasteiger partial charge in [0.1, 0.15) is 0 Å². The van der Waals surface area contributed by atoms with E-state index in [1.54, 1.807) is 0 Å². The molecule has 1 fully saturated rings. The van der Waals surface area contributed by atoms with E-state index in [0.29, 0.717) is 12.6 Å². The Kier molecular flexibility index (Phi) is 5.52. The van der Waals surface area contributed by atoms with Gasteiger partial charge in [-0.05, 0) is 32.2 Å². The summed E-state index contributed by atoms with van der Waals surface area (Å²) >= 11 is 0. The van der Waals surface area contributed by atoms with Crippen LogP contribution in [0.15, 0.2) is 0 Å². The van der Waals surface area contributed by atoms with Crippen molar-refractivity contribution in [1.82, 2.24) is 5.32 Å². The molecule has 1 aliphatic heterocycles. The molecule has 1 unspecified atom stereocenters. The Balaban J connectivity index is 1.96. The molecule has 1 heterocycles. The van der Waals surface area contributed by atoms with Crippen molar-refractivity contribution in [2.75, 3.05) is 25.4 Å². The maximum absolute atomic E-state index is 10.6. The third-order valence-electron chi connectivity index (χ3n) is 2.48. The fourth-order valence-corrected chi connectivity index (χ4v) is 2.07. The van der Waals surface area contributed by atoms with Crippen LogP contribution in [-0.4, -0.2) is 40.0 Å². The highest BCUT2D eigenvalue weighted by atomic mass is 32.2. The minimum absolute atomic E-state index is 0.00146. The van der Waals surface area contributed by atoms with Crippen molar-refractivity contribution in [1.29, 1.82) is 0 Å². The summed E-state index contributed by atoms with van der Waals surface area (Å²) in [7, 11) is -3.32. The first-order chi connectivity index (χ1) is 7.08. The molecule has 0 aromatic rings. The van der Waals surface area contributed by atoms with Gasteiger partial charge in [0, 0.05) is 13.2 Å². The van der Waals surface area contributed by atoms with Crippen molar-refractivity contribution < 1.29 is 13.2 Å². The van der Waals surface area contributed by atoms with E-state index in [9.17, 15) is 8.42 Å². The third kappa shape index (κ3) is 6.83. The van der Waals surface area contributed by atoms with Crippen LogP contribution in [0.4, 0.5) is 0 Å². The minimum atomic E-state index is -3.32. The van der Waals surface area contributed by atoms with E-state index in [1.807, 2.05) is 0 Å². The topological polar surface area (TPSA) is 81.4 Å². The molecule has 0 saturated carbocycles. The second-order valence-electron chi connectivity index (χ2n) is 3.89. The fraction of sp³-hybridized carbons (Fsp3) is 1.00. The maximum Gasteiger partial charge on any atom is 0.210 e. The molecule has 90 valence electrons. The molecule has 5 nitrogen and oxygen atoms in total. The molecule has 0 radical (unpaired) electrons. The van der Waals surface area contributed by atoms with Crippen LogP contribution in [-0.2, 0) is 14.8 Å². The van der Waals surface area contributed by atoms with Crippen LogP contribution in [0.3, 0.4) is 0 Å². The quantitative estimate of drug-likeness (QED) is 0.627. The number of rotatable bonds is 6. The molecule has 15 heavy (non-hydrogen) atoms. The van der Waals surface area contributed by atoms with Gasteiger partial charge in [-0.2, -0.15) is 0 Å². The SMILES string of the molecule is NS(=O)(=O)CCNCCC1CCCCO1. The first-order valence-corrected chi connectivity index (χ1v) is 7.12. The molecule has 0 amide bonds. The van der Waals surface area contributed by atoms with E-state index in [-0.39, 0.29) is 5.75 Å². The average molecular weight is 236 g/mol. The first kappa shape index (κ1) is 12.9. The van der Waals surface area contributed by atoms with Gasteiger partial charge in [-0.1, -0.05) is 0 Å². The van der Waals surface area contributed by atoms with Crippen LogP contribution in [0.5, 0.6) is 0 Å². The summed E-state index contributed by atoms with van der Waals surface area (Å²) in [5, 5.41) is 7.92. The van der Waals surface area contributed by atoms with Gasteiger partial charge in [0.2, 0.25) is 10.0 Å². The molecule has 1 rings (SSSR count). The molecule has 0 aromatic heterocycles. The number of sulfonamides is 1. The number of ether oxygens (including phenoxy) is 1. The second kappa shape index (κ2) is 6.42. The predicted octanol–water partition coefficient (Wildman–Crippen LogP) is -0.176. The van der Waals surface area contributed by atoms with Gasteiger partial charge in [-0.3, -0.25) is 0 Å². The highest BCUT2D eigenvalue weighted by Crippen LogP contribution is 2.14. The van der Waals surface area contributed by atoms with Crippen molar-refractivity contribution in [3.8, 4) is 0 Å². The molecule has 1 atom stereocenters. The van der Waals surface area contributed by atoms with E-state index in [0.717, 1.165) is 32.4 Å². The van der Waals surface area contributed by atoms with E-state index in [1.165, 1.54) is 6.42 Å². The molecular weight excluding hydrogens is 216 g/mol. The number of hydrogen-bond acceptors (Lipinski definition) is 4. The summed E-state index contributed by atoms with van der Waals surface area (Å²) in [6.07, 6.45) is 4.82. The van der Waals surface area contributed by atoms with Crippen molar-refractivity contribution in [2.45, 2.75) is 31.8 Å². The Labute approximate surface area is 91.4 Å². The lowest BCUT2D eigenvalue weighted by Crippen LogP contribution is -2.30. The molecule has 0 spiro atoms. The van der Waals surface area contributed by atoms with Gasteiger partial charge in [0.15, 0.2) is 0 Å². The average Bonchev–Trinajstić information content (AvgIpc) is 2.17. The van der Waals surface area contributed by atoms with Gasteiger partial charge >= 0.3 is 0 Å². The van der Waals surface area contributed by atoms with Crippen LogP contribution >= 0.6 is 0 Å². The first-order valence-electron chi connectivity index (χ1n) is 5.41. The summed E-state index contributed by atoms with van der Waals surface area (Å²) in [5.41, 5.74) is 0. The Morgan fingerprint density at radius 1 is 1.33 bits per heavy atom. The lowest BCUT2D eigenvalue weighted by atomic mass is 10.1. The largest absolute Gasteiger partial charge is 0.378 e. The minimum Gasteiger partial charge on any atom is -0.378 e. The zero-order chi connectivity index (χ0) is 11.1. The Morgan fingerprint density at radius 3 is 2.73 bits per heavy atom. The van der Waals surface area contributed by atoms with Crippen molar-refractivity contribution in [2.24, 2.45) is 5.14 Å². The van der Waals surface area contributed by atoms with Gasteiger partial charge < -0.3 is 10.1 Å². The van der Waals surface area contributed by atoms with E-state index in [4.69, 9.17) is 9.88 Å². The monoisotopic (exact) mass is 236 g/mol. The van der Waals surface area contributed by atoms with Gasteiger partial charge in [0.05, 0.1) is 11.9 Å². The number of nitrogens with one attached hydrogen (secondary N) is 1. The van der Waals surface area contributed by atoms with Crippen molar-refractivity contribution in [3.63, 3.8) is 0 Å². The molecule has 1 saturated heterocycles. The van der Waals surface area contributed by atoms with Crippen LogP contribution in [0.2, 0.25) is 0 Å². The zero-order valence-corrected chi connectivity index (χ0v) is 9.76. The van der Waals surface area contributed by atoms with Gasteiger partial charge in [0.25, 0.3) is 0 Å². The van der Waals surface area contributed by atoms with Crippen LogP contribution in [0.25, 0.3) is 0 Å². The lowest BCUT2D eigenvalue weighted by molar-refractivity contribution is 0.0117. The molecule has 6 heteroatoms. The zero-order valence-electron chi connectivity index (χ0n) is 8.94. The second-order valence-corrected chi connectivity index (χ2v) is 5.63. The highest BCUT2D eigenvalue weighted by Gasteiger charge is 2.12. The predicted molar refractivity (Wildman–Crippen MR) is 59.1 cm³/mol. The normalized spacial score (nSPS) is 22.9. The van der Waals surface area contributed by atoms with Crippen molar-refractivity contribution in [3.05, 3.63) is 0 Å². The Hall–Kier alpha value is -0.170. The smallest absolute Gasteiger partial charge is 0.210 e. The van der Waals surface area contributed by atoms with Gasteiger partial charge in [-0.25, -0.2) is 13.6 Å². The summed E-state index contributed by atoms with van der Waals surface area (Å²) in [5.74, 6) is -0.00146. The highest BCUT2D eigenvalue weighted by molar-refractivity contribution is 7.89. The summed E-state index contributed by atoms with van der Waals surface area (Å²) in [6, 6.07) is 0. The summed E-state index contributed by atoms with van der Waals surface area (Å²) in [6.45, 7) is 2.08. The molecular formula is C9H20N2O3S. The molecule has 0 aromatic carbocycles. The standard InChI is InChI=1S/C9H20N2O3S/c10-15(12,13)8-6-11-5-4-9-3-1-2-7-14-9/h9,11H,1-8H2,(H2,10,12,13). The van der Waals surface area contributed by atoms with Crippen LogP contribution in [0.1, 0.15) is 25.7 Å². The molecule has 0 bridgehead atoms. The summed E-state index contributed by atoms with van der Waals surface area (Å²) in [4.78, 5) is 0. The van der Waals surface area contributed by atoms with E-state index in [2.05, 4.69) is 5.32 Å². The fourth-order valence-electron chi connectivity index (χ4n) is 1.64. The molecule has 0 aliphatic carbocycles. The lowest BCUT2D eigenvalue weighted by Gasteiger charge is -2.22. The molecule has 1 aliphatic rings. The Bertz CT molecular complexity index is 261. The molecule has 3 N–H and O–H groups in total. The van der Waals surface area contributed by atoms with E-state index < -0.39 is 10.0 Å². The van der Waals surface area contributed by atoms with Crippen LogP contribution in [0, 0.1) is 0 Å². The van der Waals surface area contributed by atoms with Gasteiger partial charge in [-0.15, -0.1) is 0 Å². The Morgan fingerprint density at radius 2 is 2.13 bits per heavy atom. The summed E-state index contributed by atoms with van der Waals surface area (Å²) < 4.78 is 26.8. The van der Waals surface area contributed by atoms with Crippen LogP contribution < -0.4 is 10.5 Å². The van der Waals surface area contributed by atoms with E-state index >= 15 is 0 Å². The maximum atomic E-state index is 10.6. The van der Waals surface area contributed by atoms with Crippen molar-refractivity contribution >= 4 is 10.0 Å². The number of nitrogens with two attached hydrogens (primary N) is 1.